The van der Waals surface area contributed by atoms with Crippen LogP contribution in [0.4, 0.5) is 5.69 Å². The highest BCUT2D eigenvalue weighted by Gasteiger charge is 2.28. The summed E-state index contributed by atoms with van der Waals surface area (Å²) in [4.78, 5) is 24.5. The number of anilines is 1. The van der Waals surface area contributed by atoms with Crippen LogP contribution >= 0.6 is 27.5 Å². The van der Waals surface area contributed by atoms with E-state index in [1.165, 1.54) is 16.4 Å². The second kappa shape index (κ2) is 10.1. The maximum absolute atomic E-state index is 12.8. The van der Waals surface area contributed by atoms with Gasteiger partial charge in [0.1, 0.15) is 0 Å². The molecule has 0 aromatic heterocycles. The lowest BCUT2D eigenvalue weighted by atomic mass is 10.2. The average Bonchev–Trinajstić information content (AvgIpc) is 2.75. The number of sulfonamides is 1. The Labute approximate surface area is 193 Å². The van der Waals surface area contributed by atoms with E-state index in [0.29, 0.717) is 18.9 Å². The van der Waals surface area contributed by atoms with E-state index >= 15 is 0 Å². The largest absolute Gasteiger partial charge is 0.452 e. The molecule has 8 nitrogen and oxygen atoms in total. The van der Waals surface area contributed by atoms with Crippen molar-refractivity contribution in [3.8, 4) is 0 Å². The van der Waals surface area contributed by atoms with Crippen LogP contribution in [0.5, 0.6) is 0 Å². The number of ether oxygens (including phenoxy) is 2. The molecule has 1 aliphatic heterocycles. The summed E-state index contributed by atoms with van der Waals surface area (Å²) in [6.45, 7) is 2.37. The summed E-state index contributed by atoms with van der Waals surface area (Å²) in [6, 6.07) is 9.06. The molecule has 1 heterocycles. The minimum absolute atomic E-state index is 0.0230. The zero-order chi connectivity index (χ0) is 22.6. The molecule has 2 aromatic carbocycles. The maximum atomic E-state index is 12.8. The molecule has 1 saturated heterocycles. The van der Waals surface area contributed by atoms with E-state index in [1.54, 1.807) is 18.2 Å². The van der Waals surface area contributed by atoms with Crippen LogP contribution in [-0.2, 0) is 24.3 Å². The number of amides is 1. The van der Waals surface area contributed by atoms with Gasteiger partial charge in [-0.05, 0) is 48.9 Å². The molecule has 1 amide bonds. The molecule has 0 bridgehead atoms. The van der Waals surface area contributed by atoms with Crippen molar-refractivity contribution in [1.82, 2.24) is 4.31 Å². The predicted octanol–water partition coefficient (Wildman–Crippen LogP) is 3.23. The lowest BCUT2D eigenvalue weighted by Crippen LogP contribution is -2.40. The van der Waals surface area contributed by atoms with Crippen molar-refractivity contribution in [1.29, 1.82) is 0 Å². The molecule has 0 aliphatic carbocycles. The SMILES string of the molecule is Cc1cc(NC(=O)COC(=O)c2cc(S(=O)(=O)N3CCOCC3)ccc2Cl)ccc1Br. The van der Waals surface area contributed by atoms with E-state index in [9.17, 15) is 18.0 Å². The minimum atomic E-state index is -3.81. The highest BCUT2D eigenvalue weighted by Crippen LogP contribution is 2.24. The number of benzene rings is 2. The van der Waals surface area contributed by atoms with Gasteiger partial charge in [0.2, 0.25) is 10.0 Å². The van der Waals surface area contributed by atoms with Gasteiger partial charge in [-0.3, -0.25) is 4.79 Å². The fraction of sp³-hybridized carbons (Fsp3) is 0.300. The van der Waals surface area contributed by atoms with Crippen LogP contribution in [0.2, 0.25) is 5.02 Å². The number of carbonyl (C=O) groups is 2. The zero-order valence-corrected chi connectivity index (χ0v) is 19.7. The average molecular weight is 532 g/mol. The quantitative estimate of drug-likeness (QED) is 0.574. The van der Waals surface area contributed by atoms with Crippen LogP contribution in [0.25, 0.3) is 0 Å². The molecule has 0 saturated carbocycles. The molecule has 0 unspecified atom stereocenters. The number of morpholine rings is 1. The zero-order valence-electron chi connectivity index (χ0n) is 16.6. The fourth-order valence-corrected chi connectivity index (χ4v) is 4.76. The van der Waals surface area contributed by atoms with Crippen LogP contribution in [0.15, 0.2) is 45.8 Å². The summed E-state index contributed by atoms with van der Waals surface area (Å²) in [6.07, 6.45) is 0. The number of nitrogens with zero attached hydrogens (tertiary/aromatic N) is 1. The fourth-order valence-electron chi connectivity index (χ4n) is 2.89. The van der Waals surface area contributed by atoms with E-state index < -0.39 is 28.5 Å². The van der Waals surface area contributed by atoms with Gasteiger partial charge in [0.05, 0.1) is 28.7 Å². The van der Waals surface area contributed by atoms with E-state index in [1.807, 2.05) is 6.92 Å². The highest BCUT2D eigenvalue weighted by atomic mass is 79.9. The molecule has 0 radical (unpaired) electrons. The summed E-state index contributed by atoms with van der Waals surface area (Å²) < 4.78 is 38.0. The molecule has 31 heavy (non-hydrogen) atoms. The van der Waals surface area contributed by atoms with Crippen molar-refractivity contribution in [2.75, 3.05) is 38.2 Å². The summed E-state index contributed by atoms with van der Waals surface area (Å²) in [5.74, 6) is -1.44. The lowest BCUT2D eigenvalue weighted by Gasteiger charge is -2.26. The second-order valence-corrected chi connectivity index (χ2v) is 9.95. The summed E-state index contributed by atoms with van der Waals surface area (Å²) in [5, 5.41) is 2.65. The Morgan fingerprint density at radius 3 is 2.58 bits per heavy atom. The summed E-state index contributed by atoms with van der Waals surface area (Å²) in [7, 11) is -3.81. The normalized spacial score (nSPS) is 14.8. The Balaban J connectivity index is 1.67. The van der Waals surface area contributed by atoms with Crippen molar-refractivity contribution in [3.63, 3.8) is 0 Å². The molecule has 2 aromatic rings. The standard InChI is InChI=1S/C20H20BrClN2O6S/c1-13-10-14(2-4-17(13)21)23-19(25)12-30-20(26)16-11-15(3-5-18(16)22)31(27,28)24-6-8-29-9-7-24/h2-5,10-11H,6-9,12H2,1H3,(H,23,25). The molecule has 166 valence electrons. The van der Waals surface area contributed by atoms with Crippen LogP contribution in [0.3, 0.4) is 0 Å². The Bertz CT molecular complexity index is 1100. The Kier molecular flexibility index (Phi) is 7.71. The third-order valence-electron chi connectivity index (χ3n) is 4.54. The Morgan fingerprint density at radius 2 is 1.90 bits per heavy atom. The van der Waals surface area contributed by atoms with Gasteiger partial charge in [-0.25, -0.2) is 13.2 Å². The van der Waals surface area contributed by atoms with Gasteiger partial charge >= 0.3 is 5.97 Å². The molecular formula is C20H20BrClN2O6S. The van der Waals surface area contributed by atoms with Gasteiger partial charge in [-0.15, -0.1) is 0 Å². The predicted molar refractivity (Wildman–Crippen MR) is 119 cm³/mol. The first-order valence-electron chi connectivity index (χ1n) is 9.29. The highest BCUT2D eigenvalue weighted by molar-refractivity contribution is 9.10. The summed E-state index contributed by atoms with van der Waals surface area (Å²) >= 11 is 9.45. The van der Waals surface area contributed by atoms with Gasteiger partial charge < -0.3 is 14.8 Å². The minimum Gasteiger partial charge on any atom is -0.452 e. The Hall–Kier alpha value is -1.98. The Morgan fingerprint density at radius 1 is 1.19 bits per heavy atom. The van der Waals surface area contributed by atoms with Gasteiger partial charge in [0.25, 0.3) is 5.91 Å². The van der Waals surface area contributed by atoms with Crippen molar-refractivity contribution >= 4 is 55.1 Å². The number of aryl methyl sites for hydroxylation is 1. The monoisotopic (exact) mass is 530 g/mol. The molecule has 1 fully saturated rings. The molecule has 1 aliphatic rings. The molecule has 0 spiro atoms. The van der Waals surface area contributed by atoms with Crippen LogP contribution in [0, 0.1) is 6.92 Å². The van der Waals surface area contributed by atoms with E-state index in [4.69, 9.17) is 21.1 Å². The molecular weight excluding hydrogens is 512 g/mol. The van der Waals surface area contributed by atoms with Crippen molar-refractivity contribution in [3.05, 3.63) is 57.0 Å². The molecule has 3 rings (SSSR count). The third kappa shape index (κ3) is 5.83. The number of nitrogens with one attached hydrogen (secondary N) is 1. The molecule has 0 atom stereocenters. The smallest absolute Gasteiger partial charge is 0.340 e. The molecule has 11 heteroatoms. The number of esters is 1. The number of hydrogen-bond acceptors (Lipinski definition) is 6. The lowest BCUT2D eigenvalue weighted by molar-refractivity contribution is -0.119. The van der Waals surface area contributed by atoms with E-state index in [-0.39, 0.29) is 28.6 Å². The maximum Gasteiger partial charge on any atom is 0.340 e. The topological polar surface area (TPSA) is 102 Å². The second-order valence-electron chi connectivity index (χ2n) is 6.75. The first-order valence-corrected chi connectivity index (χ1v) is 11.9. The first kappa shape index (κ1) is 23.7. The van der Waals surface area contributed by atoms with Gasteiger partial charge in [0, 0.05) is 23.2 Å². The first-order chi connectivity index (χ1) is 14.7. The number of halogens is 2. The van der Waals surface area contributed by atoms with Gasteiger partial charge in [-0.1, -0.05) is 27.5 Å². The van der Waals surface area contributed by atoms with Gasteiger partial charge in [-0.2, -0.15) is 4.31 Å². The third-order valence-corrected chi connectivity index (χ3v) is 7.66. The van der Waals surface area contributed by atoms with Crippen LogP contribution < -0.4 is 5.32 Å². The number of rotatable bonds is 6. The van der Waals surface area contributed by atoms with Gasteiger partial charge in [0.15, 0.2) is 6.61 Å². The number of hydrogen-bond donors (Lipinski definition) is 1. The van der Waals surface area contributed by atoms with Crippen molar-refractivity contribution < 1.29 is 27.5 Å². The molecule has 1 N–H and O–H groups in total. The van der Waals surface area contributed by atoms with Crippen LogP contribution in [-0.4, -0.2) is 57.5 Å². The van der Waals surface area contributed by atoms with E-state index in [2.05, 4.69) is 21.2 Å². The van der Waals surface area contributed by atoms with Crippen molar-refractivity contribution in [2.45, 2.75) is 11.8 Å². The number of carbonyl (C=O) groups excluding carboxylic acids is 2. The summed E-state index contributed by atoms with van der Waals surface area (Å²) in [5.41, 5.74) is 1.35. The van der Waals surface area contributed by atoms with Crippen LogP contribution in [0.1, 0.15) is 15.9 Å². The van der Waals surface area contributed by atoms with E-state index in [0.717, 1.165) is 16.1 Å². The van der Waals surface area contributed by atoms with Crippen molar-refractivity contribution in [2.24, 2.45) is 0 Å².